The summed E-state index contributed by atoms with van der Waals surface area (Å²) in [6.07, 6.45) is 0. The minimum Gasteiger partial charge on any atom is -0.506 e. The van der Waals surface area contributed by atoms with Crippen LogP contribution >= 0.6 is 15.9 Å². The molecule has 6 heteroatoms. The van der Waals surface area contributed by atoms with Crippen LogP contribution < -0.4 is 10.5 Å². The number of H-pyrrole nitrogens is 1. The molecular formula is C19H17BrN2O3. The third-order valence-corrected chi connectivity index (χ3v) is 5.15. The van der Waals surface area contributed by atoms with Gasteiger partial charge in [-0.15, -0.1) is 0 Å². The summed E-state index contributed by atoms with van der Waals surface area (Å²) >= 11 is 3.43. The Morgan fingerprint density at radius 3 is 2.52 bits per heavy atom. The maximum atomic E-state index is 13.0. The van der Waals surface area contributed by atoms with E-state index in [0.717, 1.165) is 5.56 Å². The van der Waals surface area contributed by atoms with Crippen LogP contribution in [0.15, 0.2) is 51.7 Å². The number of fused-ring (bicyclic) bond motifs is 1. The number of aromatic hydroxyl groups is 1. The molecule has 3 aromatic rings. The van der Waals surface area contributed by atoms with E-state index in [2.05, 4.69) is 20.9 Å². The molecule has 25 heavy (non-hydrogen) atoms. The van der Waals surface area contributed by atoms with E-state index in [0.29, 0.717) is 27.6 Å². The number of aryl methyl sites for hydroxylation is 1. The van der Waals surface area contributed by atoms with E-state index in [9.17, 15) is 14.7 Å². The number of nitrogens with zero attached hydrogens (tertiary/aromatic N) is 1. The van der Waals surface area contributed by atoms with E-state index in [1.807, 2.05) is 38.1 Å². The highest BCUT2D eigenvalue weighted by molar-refractivity contribution is 9.10. The smallest absolute Gasteiger partial charge is 0.267 e. The van der Waals surface area contributed by atoms with Gasteiger partial charge in [0.2, 0.25) is 0 Å². The van der Waals surface area contributed by atoms with Crippen LogP contribution in [0.2, 0.25) is 0 Å². The first-order valence-corrected chi connectivity index (χ1v) is 8.66. The molecule has 0 radical (unpaired) electrons. The number of pyridine rings is 1. The fourth-order valence-corrected chi connectivity index (χ4v) is 3.35. The van der Waals surface area contributed by atoms with Gasteiger partial charge in [-0.3, -0.25) is 9.59 Å². The normalized spacial score (nSPS) is 10.8. The third-order valence-electron chi connectivity index (χ3n) is 4.13. The predicted octanol–water partition coefficient (Wildman–Crippen LogP) is 3.97. The molecule has 0 aliphatic rings. The Labute approximate surface area is 153 Å². The van der Waals surface area contributed by atoms with Crippen molar-refractivity contribution in [1.82, 2.24) is 4.98 Å². The fourth-order valence-electron chi connectivity index (χ4n) is 2.82. The average molecular weight is 401 g/mol. The first-order chi connectivity index (χ1) is 12.0. The number of rotatable bonds is 3. The summed E-state index contributed by atoms with van der Waals surface area (Å²) in [7, 11) is 0. The summed E-state index contributed by atoms with van der Waals surface area (Å²) in [5.74, 6) is -0.850. The van der Waals surface area contributed by atoms with Crippen molar-refractivity contribution in [3.05, 3.63) is 68.4 Å². The summed E-state index contributed by atoms with van der Waals surface area (Å²) in [5, 5.41) is 11.1. The van der Waals surface area contributed by atoms with Crippen molar-refractivity contribution in [3.8, 4) is 5.75 Å². The quantitative estimate of drug-likeness (QED) is 0.698. The summed E-state index contributed by atoms with van der Waals surface area (Å²) < 4.78 is 0.649. The summed E-state index contributed by atoms with van der Waals surface area (Å²) in [5.41, 5.74) is 1.16. The average Bonchev–Trinajstić information content (AvgIpc) is 2.59. The maximum Gasteiger partial charge on any atom is 0.267 e. The van der Waals surface area contributed by atoms with Gasteiger partial charge >= 0.3 is 0 Å². The number of aromatic amines is 1. The maximum absolute atomic E-state index is 13.0. The van der Waals surface area contributed by atoms with Crippen LogP contribution in [0.5, 0.6) is 5.75 Å². The SMILES string of the molecule is CCN(C(=O)c1c(O)c2c(Br)c(C)ccc2[nH]c1=O)c1ccccc1. The molecule has 0 aliphatic heterocycles. The Hall–Kier alpha value is -2.60. The lowest BCUT2D eigenvalue weighted by Crippen LogP contribution is -2.34. The van der Waals surface area contributed by atoms with Crippen molar-refractivity contribution in [3.63, 3.8) is 0 Å². The lowest BCUT2D eigenvalue weighted by Gasteiger charge is -2.21. The van der Waals surface area contributed by atoms with Crippen LogP contribution in [-0.2, 0) is 0 Å². The number of amides is 1. The molecule has 5 nitrogen and oxygen atoms in total. The summed E-state index contributed by atoms with van der Waals surface area (Å²) in [6, 6.07) is 12.6. The van der Waals surface area contributed by atoms with Gasteiger partial charge in [-0.2, -0.15) is 0 Å². The Balaban J connectivity index is 2.23. The van der Waals surface area contributed by atoms with Gasteiger partial charge in [0.25, 0.3) is 11.5 Å². The number of nitrogens with one attached hydrogen (secondary N) is 1. The summed E-state index contributed by atoms with van der Waals surface area (Å²) in [4.78, 5) is 29.6. The van der Waals surface area contributed by atoms with E-state index < -0.39 is 11.5 Å². The molecule has 0 saturated carbocycles. The highest BCUT2D eigenvalue weighted by atomic mass is 79.9. The largest absolute Gasteiger partial charge is 0.506 e. The molecular weight excluding hydrogens is 384 g/mol. The number of hydrogen-bond acceptors (Lipinski definition) is 3. The number of para-hydroxylation sites is 1. The molecule has 0 saturated heterocycles. The van der Waals surface area contributed by atoms with E-state index in [1.165, 1.54) is 4.90 Å². The van der Waals surface area contributed by atoms with Crippen molar-refractivity contribution in [2.24, 2.45) is 0 Å². The molecule has 1 heterocycles. The first kappa shape index (κ1) is 17.2. The molecule has 2 N–H and O–H groups in total. The number of aromatic nitrogens is 1. The van der Waals surface area contributed by atoms with Crippen LogP contribution in [0.4, 0.5) is 5.69 Å². The molecule has 0 atom stereocenters. The van der Waals surface area contributed by atoms with Crippen LogP contribution in [0.25, 0.3) is 10.9 Å². The Bertz CT molecular complexity index is 1010. The van der Waals surface area contributed by atoms with E-state index in [4.69, 9.17) is 0 Å². The molecule has 1 aromatic heterocycles. The Morgan fingerprint density at radius 2 is 1.88 bits per heavy atom. The monoisotopic (exact) mass is 400 g/mol. The topological polar surface area (TPSA) is 73.4 Å². The number of carbonyl (C=O) groups excluding carboxylic acids is 1. The number of carbonyl (C=O) groups is 1. The highest BCUT2D eigenvalue weighted by Crippen LogP contribution is 2.34. The molecule has 2 aromatic carbocycles. The molecule has 0 unspecified atom stereocenters. The second-order valence-corrected chi connectivity index (χ2v) is 6.47. The van der Waals surface area contributed by atoms with Crippen LogP contribution in [0.1, 0.15) is 22.8 Å². The van der Waals surface area contributed by atoms with Gasteiger partial charge in [-0.05, 0) is 53.5 Å². The van der Waals surface area contributed by atoms with E-state index in [-0.39, 0.29) is 11.3 Å². The molecule has 3 rings (SSSR count). The van der Waals surface area contributed by atoms with Crippen molar-refractivity contribution >= 4 is 38.4 Å². The van der Waals surface area contributed by atoms with E-state index in [1.54, 1.807) is 18.2 Å². The third kappa shape index (κ3) is 2.93. The van der Waals surface area contributed by atoms with Crippen molar-refractivity contribution in [1.29, 1.82) is 0 Å². The Morgan fingerprint density at radius 1 is 1.20 bits per heavy atom. The van der Waals surface area contributed by atoms with Gasteiger partial charge in [-0.1, -0.05) is 24.3 Å². The van der Waals surface area contributed by atoms with Gasteiger partial charge in [0.05, 0.1) is 10.9 Å². The van der Waals surface area contributed by atoms with E-state index >= 15 is 0 Å². The number of halogens is 1. The lowest BCUT2D eigenvalue weighted by atomic mass is 10.1. The van der Waals surface area contributed by atoms with Gasteiger partial charge in [-0.25, -0.2) is 0 Å². The molecule has 0 fully saturated rings. The van der Waals surface area contributed by atoms with Gasteiger partial charge < -0.3 is 15.0 Å². The van der Waals surface area contributed by atoms with Crippen LogP contribution in [0.3, 0.4) is 0 Å². The fraction of sp³-hybridized carbons (Fsp3) is 0.158. The van der Waals surface area contributed by atoms with Crippen molar-refractivity contribution < 1.29 is 9.90 Å². The molecule has 128 valence electrons. The van der Waals surface area contributed by atoms with Gasteiger partial charge in [0.15, 0.2) is 0 Å². The molecule has 0 spiro atoms. The number of anilines is 1. The zero-order chi connectivity index (χ0) is 18.1. The highest BCUT2D eigenvalue weighted by Gasteiger charge is 2.25. The molecule has 1 amide bonds. The Kier molecular flexibility index (Phi) is 4.63. The van der Waals surface area contributed by atoms with Crippen molar-refractivity contribution in [2.45, 2.75) is 13.8 Å². The summed E-state index contributed by atoms with van der Waals surface area (Å²) in [6.45, 7) is 4.06. The van der Waals surface area contributed by atoms with Crippen molar-refractivity contribution in [2.75, 3.05) is 11.4 Å². The van der Waals surface area contributed by atoms with Gasteiger partial charge in [0.1, 0.15) is 11.3 Å². The van der Waals surface area contributed by atoms with Crippen LogP contribution in [-0.4, -0.2) is 22.5 Å². The lowest BCUT2D eigenvalue weighted by molar-refractivity contribution is 0.0984. The number of benzene rings is 2. The van der Waals surface area contributed by atoms with Gasteiger partial charge in [0, 0.05) is 16.7 Å². The zero-order valence-corrected chi connectivity index (χ0v) is 15.4. The molecule has 0 aliphatic carbocycles. The number of hydrogen-bond donors (Lipinski definition) is 2. The predicted molar refractivity (Wildman–Crippen MR) is 102 cm³/mol. The molecule has 0 bridgehead atoms. The second-order valence-electron chi connectivity index (χ2n) is 5.68. The standard InChI is InChI=1S/C19H17BrN2O3/c1-3-22(12-7-5-4-6-8-12)19(25)15-17(23)14-13(21-18(15)24)10-9-11(2)16(14)20/h4-10H,3H2,1-2H3,(H2,21,23,24). The second kappa shape index (κ2) is 6.72. The first-order valence-electron chi connectivity index (χ1n) is 7.86. The minimum atomic E-state index is -0.611. The zero-order valence-electron chi connectivity index (χ0n) is 13.8. The van der Waals surface area contributed by atoms with Crippen LogP contribution in [0, 0.1) is 6.92 Å². The minimum absolute atomic E-state index is 0.260.